The van der Waals surface area contributed by atoms with Crippen LogP contribution in [0, 0.1) is 0 Å². The number of amides is 2. The van der Waals surface area contributed by atoms with Gasteiger partial charge in [0, 0.05) is 44.2 Å². The lowest BCUT2D eigenvalue weighted by Gasteiger charge is -2.28. The van der Waals surface area contributed by atoms with E-state index in [1.807, 2.05) is 26.0 Å². The fraction of sp³-hybridized carbons (Fsp3) is 0.415. The number of nitrogen functional groups attached to an aromatic ring is 1. The van der Waals surface area contributed by atoms with Gasteiger partial charge in [0.25, 0.3) is 0 Å². The fourth-order valence-corrected chi connectivity index (χ4v) is 10.1. The molecule has 6 aromatic heterocycles. The number of aldehydes is 1. The zero-order chi connectivity index (χ0) is 61.7. The third-order valence-corrected chi connectivity index (χ3v) is 13.9. The van der Waals surface area contributed by atoms with Crippen LogP contribution in [0.3, 0.4) is 0 Å². The number of hydrogen-bond donors (Lipinski definition) is 3. The van der Waals surface area contributed by atoms with Gasteiger partial charge in [-0.25, -0.2) is 39.5 Å². The lowest BCUT2D eigenvalue weighted by Crippen LogP contribution is -2.44. The molecular formula is C53H53Br2Cl2F3N12O13. The van der Waals surface area contributed by atoms with Crippen LogP contribution >= 0.6 is 55.1 Å². The SMILES string of the molecule is CC(C)(C)OC(=O)N(C(=O)OC(C)(C)C)c1ncnc2c1ncn2[C@@H]1O[C@H](COc2cc3ncc(Br)cc3cc2Cl)[C@H]2OC(C)(C)O[C@H]21.Nc1ncnc2c1ncn2[C@@H]1O[C@H](COc2cc3ncc(Br)cc3cc2Cl)[C@@H](O)[C@H]1O.O=CC(F)(F)F. The quantitative estimate of drug-likeness (QED) is 0.113. The number of aromatic nitrogens is 10. The number of carbonyl (C=O) groups excluding carboxylic acids is 3. The Morgan fingerprint density at radius 1 is 0.694 bits per heavy atom. The number of pyridine rings is 2. The maximum absolute atomic E-state index is 13.4. The summed E-state index contributed by atoms with van der Waals surface area (Å²) in [6, 6.07) is 10.8. The minimum Gasteiger partial charge on any atom is -0.489 e. The minimum atomic E-state index is -4.64. The van der Waals surface area contributed by atoms with Crippen LogP contribution in [0.2, 0.25) is 10.0 Å². The van der Waals surface area contributed by atoms with Gasteiger partial charge in [0.1, 0.15) is 90.7 Å². The monoisotopic (exact) mass is 1350 g/mol. The number of alkyl halides is 3. The van der Waals surface area contributed by atoms with Crippen LogP contribution in [-0.2, 0) is 33.2 Å². The number of anilines is 2. The first-order valence-corrected chi connectivity index (χ1v) is 27.9. The summed E-state index contributed by atoms with van der Waals surface area (Å²) in [5.41, 5.74) is 6.58. The topological polar surface area (TPSA) is 308 Å². The van der Waals surface area contributed by atoms with Crippen molar-refractivity contribution in [2.24, 2.45) is 0 Å². The molecule has 8 aromatic rings. The molecule has 3 saturated heterocycles. The van der Waals surface area contributed by atoms with Gasteiger partial charge in [0.15, 0.2) is 46.7 Å². The smallest absolute Gasteiger partial charge is 0.446 e. The number of carbonyl (C=O) groups is 3. The molecule has 0 aliphatic carbocycles. The standard InChI is InChI=1S/C32H36BrClN6O8.C19H16BrClN6O4.C2HF3O/c1-30(2,3)47-28(41)40(29(42)48-31(4,5)6)26-22-25(36-14-37-26)39(15-38-22)27-24-23(45-32(7,8)46-24)21(44-27)13-43-20-11-19-16(10-18(20)34)9-17(33)12-35-19;20-9-1-8-2-10(21)12(3-11(8)23-4-9)30-5-13-15(28)16(29)19(31-13)27-7-26-14-17(22)24-6-25-18(14)27;3-2(4,5)1-6/h9-12,14-15,21,23-24,27H,13H2,1-8H3;1-4,6-7,13,15-16,19,28-29H,5H2,(H2,22,24,25);1H/t21-,23-,24-,27-;13-,15-,16-,19-;/m11./s1. The number of fused-ring (bicyclic) bond motifs is 5. The van der Waals surface area contributed by atoms with E-state index in [0.717, 1.165) is 25.2 Å². The first-order valence-electron chi connectivity index (χ1n) is 25.5. The normalized spacial score (nSPS) is 21.9. The number of nitrogens with two attached hydrogens (primary N) is 1. The molecule has 32 heteroatoms. The predicted octanol–water partition coefficient (Wildman–Crippen LogP) is 9.78. The number of imidazole rings is 2. The Kier molecular flexibility index (Phi) is 18.1. The Morgan fingerprint density at radius 3 is 1.69 bits per heavy atom. The van der Waals surface area contributed by atoms with Crippen molar-refractivity contribution in [3.63, 3.8) is 0 Å². The van der Waals surface area contributed by atoms with Crippen LogP contribution in [0.1, 0.15) is 67.8 Å². The Bertz CT molecular complexity index is 3790. The molecule has 2 aromatic carbocycles. The van der Waals surface area contributed by atoms with Gasteiger partial charge in [-0.05, 0) is 112 Å². The summed E-state index contributed by atoms with van der Waals surface area (Å²) in [5.74, 6) is 0.00577. The van der Waals surface area contributed by atoms with Gasteiger partial charge < -0.3 is 53.8 Å². The zero-order valence-corrected chi connectivity index (χ0v) is 50.8. The third-order valence-electron chi connectivity index (χ3n) is 12.4. The molecule has 3 aliphatic heterocycles. The van der Waals surface area contributed by atoms with E-state index in [1.54, 1.807) is 82.8 Å². The van der Waals surface area contributed by atoms with Gasteiger partial charge in [-0.2, -0.15) is 18.1 Å². The van der Waals surface area contributed by atoms with Crippen LogP contribution < -0.4 is 20.1 Å². The number of ether oxygens (including phenoxy) is 8. The zero-order valence-electron chi connectivity index (χ0n) is 46.1. The van der Waals surface area contributed by atoms with Crippen molar-refractivity contribution in [3.05, 3.63) is 93.1 Å². The van der Waals surface area contributed by atoms with Gasteiger partial charge in [0.2, 0.25) is 6.29 Å². The molecule has 11 rings (SSSR count). The maximum atomic E-state index is 13.4. The lowest BCUT2D eigenvalue weighted by atomic mass is 10.1. The third kappa shape index (κ3) is 14.4. The van der Waals surface area contributed by atoms with Gasteiger partial charge in [-0.15, -0.1) is 0 Å². The van der Waals surface area contributed by atoms with E-state index in [-0.39, 0.29) is 36.0 Å². The highest BCUT2D eigenvalue weighted by Gasteiger charge is 2.57. The van der Waals surface area contributed by atoms with Crippen LogP contribution in [0.5, 0.6) is 11.5 Å². The second-order valence-electron chi connectivity index (χ2n) is 21.6. The van der Waals surface area contributed by atoms with E-state index in [9.17, 15) is 33.0 Å². The summed E-state index contributed by atoms with van der Waals surface area (Å²) in [5, 5.41) is 23.6. The lowest BCUT2D eigenvalue weighted by molar-refractivity contribution is -0.198. The number of rotatable bonds is 9. The van der Waals surface area contributed by atoms with Crippen molar-refractivity contribution < 1.29 is 75.7 Å². The van der Waals surface area contributed by atoms with Gasteiger partial charge in [-0.1, -0.05) is 23.2 Å². The van der Waals surface area contributed by atoms with Crippen molar-refractivity contribution in [2.45, 2.75) is 128 Å². The van der Waals surface area contributed by atoms with E-state index in [4.69, 9.17) is 71.6 Å². The summed E-state index contributed by atoms with van der Waals surface area (Å²) < 4.78 is 84.1. The Balaban J connectivity index is 0.000000199. The number of nitrogens with zero attached hydrogens (tertiary/aromatic N) is 11. The number of aliphatic hydroxyl groups excluding tert-OH is 2. The summed E-state index contributed by atoms with van der Waals surface area (Å²) in [4.78, 5) is 70.3. The number of halogens is 7. The average Bonchev–Trinajstić information content (AvgIpc) is 2.22. The Morgan fingerprint density at radius 2 is 1.16 bits per heavy atom. The van der Waals surface area contributed by atoms with Crippen LogP contribution in [0.25, 0.3) is 44.1 Å². The van der Waals surface area contributed by atoms with Crippen molar-refractivity contribution in [2.75, 3.05) is 23.8 Å². The van der Waals surface area contributed by atoms with Crippen molar-refractivity contribution in [1.82, 2.24) is 49.0 Å². The van der Waals surface area contributed by atoms with E-state index in [1.165, 1.54) is 29.9 Å². The molecule has 452 valence electrons. The largest absolute Gasteiger partial charge is 0.489 e. The number of aliphatic hydroxyl groups is 2. The van der Waals surface area contributed by atoms with Crippen LogP contribution in [-0.4, -0.2) is 151 Å². The van der Waals surface area contributed by atoms with Gasteiger partial charge in [0.05, 0.1) is 33.7 Å². The highest BCUT2D eigenvalue weighted by atomic mass is 79.9. The summed E-state index contributed by atoms with van der Waals surface area (Å²) in [7, 11) is 0. The molecule has 0 saturated carbocycles. The average molecular weight is 1350 g/mol. The molecule has 25 nitrogen and oxygen atoms in total. The molecule has 0 unspecified atom stereocenters. The highest BCUT2D eigenvalue weighted by molar-refractivity contribution is 9.10. The minimum absolute atomic E-state index is 0.0414. The van der Waals surface area contributed by atoms with Crippen molar-refractivity contribution >= 4 is 129 Å². The van der Waals surface area contributed by atoms with E-state index in [0.29, 0.717) is 43.1 Å². The Labute approximate surface area is 507 Å². The molecule has 4 N–H and O–H groups in total. The molecule has 0 bridgehead atoms. The maximum Gasteiger partial charge on any atom is 0.446 e. The first-order chi connectivity index (χ1) is 39.9. The summed E-state index contributed by atoms with van der Waals surface area (Å²) in [6.45, 7) is 13.8. The van der Waals surface area contributed by atoms with Gasteiger partial charge >= 0.3 is 18.4 Å². The summed E-state index contributed by atoms with van der Waals surface area (Å²) in [6.07, 6.45) is -5.52. The molecule has 3 fully saturated rings. The van der Waals surface area contributed by atoms with Crippen molar-refractivity contribution in [3.8, 4) is 11.5 Å². The second kappa shape index (κ2) is 24.6. The predicted molar refractivity (Wildman–Crippen MR) is 306 cm³/mol. The number of imide groups is 1. The summed E-state index contributed by atoms with van der Waals surface area (Å²) >= 11 is 19.7. The Hall–Kier alpha value is -6.74. The molecular weight excluding hydrogens is 1300 g/mol. The molecule has 8 atom stereocenters. The first kappa shape index (κ1) is 62.8. The molecule has 2 amide bonds. The molecule has 85 heavy (non-hydrogen) atoms. The highest BCUT2D eigenvalue weighted by Crippen LogP contribution is 2.45. The van der Waals surface area contributed by atoms with E-state index >= 15 is 0 Å². The van der Waals surface area contributed by atoms with Gasteiger partial charge in [-0.3, -0.25) is 23.9 Å². The van der Waals surface area contributed by atoms with Crippen LogP contribution in [0.15, 0.2) is 83.0 Å². The number of benzene rings is 2. The molecule has 9 heterocycles. The van der Waals surface area contributed by atoms with E-state index < -0.39 is 90.7 Å². The molecule has 0 spiro atoms. The van der Waals surface area contributed by atoms with Crippen molar-refractivity contribution in [1.29, 1.82) is 0 Å². The molecule has 0 radical (unpaired) electrons. The number of hydrogen-bond acceptors (Lipinski definition) is 22. The molecule has 3 aliphatic rings. The fourth-order valence-electron chi connectivity index (χ4n) is 8.99. The van der Waals surface area contributed by atoms with Crippen LogP contribution in [0.4, 0.5) is 34.4 Å². The van der Waals surface area contributed by atoms with E-state index in [2.05, 4.69) is 71.7 Å². The second-order valence-corrected chi connectivity index (χ2v) is 24.3.